The summed E-state index contributed by atoms with van der Waals surface area (Å²) in [6.45, 7) is 0. The van der Waals surface area contributed by atoms with Crippen molar-refractivity contribution >= 4 is 12.0 Å². The standard InChI is InChI=1S/C11H9N2O2/c1-15-10-3-2-5-13-11(10)8-4-6-12-7-9(8)14/h2-6,8H,1H3. The van der Waals surface area contributed by atoms with Crippen molar-refractivity contribution in [2.24, 2.45) is 4.99 Å². The number of aromatic nitrogens is 1. The molecule has 75 valence electrons. The maximum Gasteiger partial charge on any atom is 0.196 e. The molecule has 0 saturated heterocycles. The average Bonchev–Trinajstić information content (AvgIpc) is 2.30. The van der Waals surface area contributed by atoms with Crippen molar-refractivity contribution in [3.8, 4) is 5.75 Å². The molecular formula is C11H9N2O2. The summed E-state index contributed by atoms with van der Waals surface area (Å²) in [7, 11) is 1.55. The SMILES string of the molecule is COc1cccnc1C1C=CN=[C]C1=O. The van der Waals surface area contributed by atoms with E-state index in [4.69, 9.17) is 4.74 Å². The molecule has 1 aliphatic heterocycles. The number of rotatable bonds is 2. The number of carbonyl (C=O) groups is 1. The number of allylic oxidation sites excluding steroid dienone is 1. The number of carbonyl (C=O) groups excluding carboxylic acids is 1. The summed E-state index contributed by atoms with van der Waals surface area (Å²) in [5, 5.41) is 0. The lowest BCUT2D eigenvalue weighted by Crippen LogP contribution is -2.15. The number of methoxy groups -OCH3 is 1. The quantitative estimate of drug-likeness (QED) is 0.722. The maximum absolute atomic E-state index is 11.5. The van der Waals surface area contributed by atoms with E-state index >= 15 is 0 Å². The molecule has 0 fully saturated rings. The van der Waals surface area contributed by atoms with E-state index in [-0.39, 0.29) is 5.78 Å². The second-order valence-electron chi connectivity index (χ2n) is 3.02. The largest absolute Gasteiger partial charge is 0.495 e. The average molecular weight is 201 g/mol. The first-order valence-electron chi connectivity index (χ1n) is 4.48. The molecule has 0 amide bonds. The van der Waals surface area contributed by atoms with Crippen LogP contribution in [0.15, 0.2) is 35.6 Å². The lowest BCUT2D eigenvalue weighted by molar-refractivity contribution is -0.113. The van der Waals surface area contributed by atoms with Crippen LogP contribution >= 0.6 is 0 Å². The van der Waals surface area contributed by atoms with Gasteiger partial charge in [-0.1, -0.05) is 0 Å². The number of hydrogen-bond donors (Lipinski definition) is 0. The molecule has 15 heavy (non-hydrogen) atoms. The number of nitrogens with zero attached hydrogens (tertiary/aromatic N) is 2. The van der Waals surface area contributed by atoms with Crippen molar-refractivity contribution in [1.29, 1.82) is 0 Å². The number of ether oxygens (including phenoxy) is 1. The third-order valence-electron chi connectivity index (χ3n) is 2.12. The van der Waals surface area contributed by atoms with Crippen LogP contribution in [0.5, 0.6) is 5.75 Å². The molecule has 0 N–H and O–H groups in total. The highest BCUT2D eigenvalue weighted by molar-refractivity contribution is 6.31. The molecule has 0 bridgehead atoms. The topological polar surface area (TPSA) is 51.6 Å². The maximum atomic E-state index is 11.5. The first-order valence-corrected chi connectivity index (χ1v) is 4.48. The van der Waals surface area contributed by atoms with Crippen LogP contribution in [0.25, 0.3) is 0 Å². The van der Waals surface area contributed by atoms with Gasteiger partial charge in [0.25, 0.3) is 0 Å². The van der Waals surface area contributed by atoms with Gasteiger partial charge in [-0.25, -0.2) is 0 Å². The van der Waals surface area contributed by atoms with E-state index in [2.05, 4.69) is 16.2 Å². The fourth-order valence-electron chi connectivity index (χ4n) is 1.41. The Morgan fingerprint density at radius 3 is 3.13 bits per heavy atom. The molecule has 2 heterocycles. The number of hydrogen-bond acceptors (Lipinski definition) is 4. The van der Waals surface area contributed by atoms with E-state index in [1.807, 2.05) is 0 Å². The van der Waals surface area contributed by atoms with Gasteiger partial charge in [0.15, 0.2) is 5.78 Å². The third kappa shape index (κ3) is 1.79. The van der Waals surface area contributed by atoms with Crippen LogP contribution in [0.3, 0.4) is 0 Å². The lowest BCUT2D eigenvalue weighted by Gasteiger charge is -2.13. The number of pyridine rings is 1. The molecule has 2 rings (SSSR count). The monoisotopic (exact) mass is 201 g/mol. The molecule has 1 radical (unpaired) electrons. The van der Waals surface area contributed by atoms with Crippen LogP contribution < -0.4 is 4.74 Å². The summed E-state index contributed by atoms with van der Waals surface area (Å²) in [6, 6.07) is 3.53. The molecule has 0 spiro atoms. The summed E-state index contributed by atoms with van der Waals surface area (Å²) in [6.07, 6.45) is 7.24. The fraction of sp³-hybridized carbons (Fsp3) is 0.182. The molecular weight excluding hydrogens is 192 g/mol. The summed E-state index contributed by atoms with van der Waals surface area (Å²) in [4.78, 5) is 19.3. The van der Waals surface area contributed by atoms with Crippen LogP contribution in [0.2, 0.25) is 0 Å². The second kappa shape index (κ2) is 4.04. The molecule has 1 aliphatic rings. The van der Waals surface area contributed by atoms with Crippen LogP contribution in [0.1, 0.15) is 11.6 Å². The Bertz CT molecular complexity index is 438. The van der Waals surface area contributed by atoms with Crippen molar-refractivity contribution < 1.29 is 9.53 Å². The molecule has 1 aromatic rings. The van der Waals surface area contributed by atoms with E-state index in [9.17, 15) is 4.79 Å². The predicted octanol–water partition coefficient (Wildman–Crippen LogP) is 1.22. The minimum atomic E-state index is -0.432. The Morgan fingerprint density at radius 1 is 1.53 bits per heavy atom. The van der Waals surface area contributed by atoms with Gasteiger partial charge < -0.3 is 4.74 Å². The number of ketones is 1. The van der Waals surface area contributed by atoms with Crippen LogP contribution in [0, 0.1) is 0 Å². The van der Waals surface area contributed by atoms with Gasteiger partial charge in [-0.05, 0) is 18.2 Å². The van der Waals surface area contributed by atoms with E-state index in [1.54, 1.807) is 37.7 Å². The summed E-state index contributed by atoms with van der Waals surface area (Å²) >= 11 is 0. The first-order chi connectivity index (χ1) is 7.33. The van der Waals surface area contributed by atoms with Gasteiger partial charge in [0, 0.05) is 12.4 Å². The Labute approximate surface area is 87.3 Å². The highest BCUT2D eigenvalue weighted by Gasteiger charge is 2.23. The van der Waals surface area contributed by atoms with E-state index in [0.717, 1.165) is 0 Å². The molecule has 1 unspecified atom stereocenters. The van der Waals surface area contributed by atoms with Crippen molar-refractivity contribution in [3.63, 3.8) is 0 Å². The van der Waals surface area contributed by atoms with Crippen LogP contribution in [-0.2, 0) is 4.79 Å². The molecule has 0 aromatic carbocycles. The number of aliphatic imine (C=N–C) groups is 1. The Morgan fingerprint density at radius 2 is 2.40 bits per heavy atom. The van der Waals surface area contributed by atoms with Crippen molar-refractivity contribution in [2.75, 3.05) is 7.11 Å². The van der Waals surface area contributed by atoms with E-state index < -0.39 is 5.92 Å². The van der Waals surface area contributed by atoms with E-state index in [0.29, 0.717) is 11.4 Å². The zero-order valence-electron chi connectivity index (χ0n) is 8.18. The van der Waals surface area contributed by atoms with E-state index in [1.165, 1.54) is 0 Å². The molecule has 4 nitrogen and oxygen atoms in total. The normalized spacial score (nSPS) is 19.3. The van der Waals surface area contributed by atoms with Gasteiger partial charge in [0.2, 0.25) is 0 Å². The zero-order chi connectivity index (χ0) is 10.7. The van der Waals surface area contributed by atoms with Gasteiger partial charge in [0.05, 0.1) is 18.7 Å². The summed E-state index contributed by atoms with van der Waals surface area (Å²) < 4.78 is 5.14. The minimum absolute atomic E-state index is 0.200. The molecule has 0 saturated carbocycles. The Hall–Kier alpha value is -1.97. The van der Waals surface area contributed by atoms with Gasteiger partial charge in [0.1, 0.15) is 12.0 Å². The second-order valence-corrected chi connectivity index (χ2v) is 3.02. The zero-order valence-corrected chi connectivity index (χ0v) is 8.18. The number of Topliss-reactive ketones (excluding diaryl/α,β-unsaturated/α-hetero) is 1. The molecule has 1 atom stereocenters. The first kappa shape index (κ1) is 9.58. The third-order valence-corrected chi connectivity index (χ3v) is 2.12. The van der Waals surface area contributed by atoms with Gasteiger partial charge >= 0.3 is 0 Å². The Balaban J connectivity index is 2.41. The molecule has 4 heteroatoms. The molecule has 0 aliphatic carbocycles. The summed E-state index contributed by atoms with van der Waals surface area (Å²) in [5.41, 5.74) is 0.601. The van der Waals surface area contributed by atoms with Crippen molar-refractivity contribution in [2.45, 2.75) is 5.92 Å². The Kier molecular flexibility index (Phi) is 2.58. The highest BCUT2D eigenvalue weighted by Crippen LogP contribution is 2.26. The molecule has 1 aromatic heterocycles. The van der Waals surface area contributed by atoms with Crippen LogP contribution in [0.4, 0.5) is 0 Å². The van der Waals surface area contributed by atoms with Crippen molar-refractivity contribution in [1.82, 2.24) is 4.98 Å². The van der Waals surface area contributed by atoms with Gasteiger partial charge in [-0.2, -0.15) is 0 Å². The van der Waals surface area contributed by atoms with Crippen LogP contribution in [-0.4, -0.2) is 24.1 Å². The minimum Gasteiger partial charge on any atom is -0.495 e. The van der Waals surface area contributed by atoms with Crippen molar-refractivity contribution in [3.05, 3.63) is 36.3 Å². The highest BCUT2D eigenvalue weighted by atomic mass is 16.5. The van der Waals surface area contributed by atoms with Gasteiger partial charge in [-0.15, -0.1) is 0 Å². The predicted molar refractivity (Wildman–Crippen MR) is 55.1 cm³/mol. The van der Waals surface area contributed by atoms with Gasteiger partial charge in [-0.3, -0.25) is 14.8 Å². The summed E-state index contributed by atoms with van der Waals surface area (Å²) in [5.74, 6) is -0.0302. The lowest BCUT2D eigenvalue weighted by atomic mass is 9.98. The fourth-order valence-corrected chi connectivity index (χ4v) is 1.41. The smallest absolute Gasteiger partial charge is 0.196 e.